The monoisotopic (exact) mass is 249 g/mol. The number of pyridine rings is 1. The quantitative estimate of drug-likeness (QED) is 0.725. The van der Waals surface area contributed by atoms with Crippen molar-refractivity contribution in [3.63, 3.8) is 0 Å². The van der Waals surface area contributed by atoms with Gasteiger partial charge in [0, 0.05) is 12.6 Å². The summed E-state index contributed by atoms with van der Waals surface area (Å²) in [6, 6.07) is 4.57. The summed E-state index contributed by atoms with van der Waals surface area (Å²) in [5.74, 6) is 0.755. The van der Waals surface area contributed by atoms with Crippen molar-refractivity contribution in [1.82, 2.24) is 10.3 Å². The van der Waals surface area contributed by atoms with Gasteiger partial charge in [0.2, 0.25) is 5.56 Å². The second-order valence-electron chi connectivity index (χ2n) is 4.83. The summed E-state index contributed by atoms with van der Waals surface area (Å²) >= 11 is 0. The molecule has 0 spiro atoms. The van der Waals surface area contributed by atoms with Crippen LogP contribution in [0.4, 0.5) is 0 Å². The van der Waals surface area contributed by atoms with Gasteiger partial charge in [-0.15, -0.1) is 0 Å². The van der Waals surface area contributed by atoms with Gasteiger partial charge in [-0.05, 0) is 37.3 Å². The Kier molecular flexibility index (Phi) is 4.15. The Hall–Kier alpha value is -1.62. The van der Waals surface area contributed by atoms with Crippen molar-refractivity contribution >= 4 is 5.91 Å². The van der Waals surface area contributed by atoms with Crippen LogP contribution in [0.5, 0.6) is 0 Å². The molecule has 18 heavy (non-hydrogen) atoms. The fraction of sp³-hybridized carbons (Fsp3) is 0.538. The highest BCUT2D eigenvalue weighted by atomic mass is 16.2. The third-order valence-corrected chi connectivity index (χ3v) is 3.66. The third kappa shape index (κ3) is 2.98. The predicted molar refractivity (Wildman–Crippen MR) is 69.3 cm³/mol. The number of amides is 1. The Labute approximate surface area is 106 Å². The van der Waals surface area contributed by atoms with Crippen LogP contribution in [0, 0.1) is 11.8 Å². The number of H-pyrrole nitrogens is 1. The molecule has 1 amide bonds. The van der Waals surface area contributed by atoms with E-state index in [1.165, 1.54) is 12.5 Å². The van der Waals surface area contributed by atoms with Crippen LogP contribution >= 0.6 is 0 Å². The van der Waals surface area contributed by atoms with Crippen LogP contribution in [0.1, 0.15) is 29.8 Å². The number of nitrogens with two attached hydrogens (primary N) is 1. The fourth-order valence-electron chi connectivity index (χ4n) is 2.59. The Morgan fingerprint density at radius 3 is 2.89 bits per heavy atom. The normalized spacial score (nSPS) is 22.9. The largest absolute Gasteiger partial charge is 0.350 e. The molecular weight excluding hydrogens is 230 g/mol. The Morgan fingerprint density at radius 1 is 1.39 bits per heavy atom. The van der Waals surface area contributed by atoms with E-state index in [4.69, 9.17) is 5.73 Å². The van der Waals surface area contributed by atoms with Crippen molar-refractivity contribution < 1.29 is 4.79 Å². The number of rotatable bonds is 4. The summed E-state index contributed by atoms with van der Waals surface area (Å²) in [5.41, 5.74) is 5.75. The minimum absolute atomic E-state index is 0.227. The Morgan fingerprint density at radius 2 is 2.17 bits per heavy atom. The van der Waals surface area contributed by atoms with Crippen LogP contribution < -0.4 is 16.6 Å². The summed E-state index contributed by atoms with van der Waals surface area (Å²) in [6.07, 6.45) is 3.46. The lowest BCUT2D eigenvalue weighted by Crippen LogP contribution is -2.33. The molecule has 1 aliphatic rings. The van der Waals surface area contributed by atoms with E-state index < -0.39 is 0 Å². The van der Waals surface area contributed by atoms with E-state index in [0.29, 0.717) is 30.6 Å². The van der Waals surface area contributed by atoms with Crippen LogP contribution in [0.3, 0.4) is 0 Å². The van der Waals surface area contributed by atoms with Gasteiger partial charge in [0.1, 0.15) is 5.69 Å². The van der Waals surface area contributed by atoms with Gasteiger partial charge in [-0.3, -0.25) is 9.59 Å². The molecule has 4 N–H and O–H groups in total. The van der Waals surface area contributed by atoms with E-state index in [2.05, 4.69) is 10.3 Å². The van der Waals surface area contributed by atoms with E-state index >= 15 is 0 Å². The Balaban J connectivity index is 1.90. The zero-order valence-corrected chi connectivity index (χ0v) is 10.3. The third-order valence-electron chi connectivity index (χ3n) is 3.66. The summed E-state index contributed by atoms with van der Waals surface area (Å²) in [6.45, 7) is 1.32. The van der Waals surface area contributed by atoms with Gasteiger partial charge in [0.25, 0.3) is 5.91 Å². The SMILES string of the molecule is NCC1CCCC1CNC(=O)c1cccc(=O)[nH]1. The first kappa shape index (κ1) is 12.8. The predicted octanol–water partition coefficient (Wildman–Crippen LogP) is 0.480. The molecular formula is C13H19N3O2. The summed E-state index contributed by atoms with van der Waals surface area (Å²) < 4.78 is 0. The second-order valence-corrected chi connectivity index (χ2v) is 4.83. The number of carbonyl (C=O) groups is 1. The molecule has 1 fully saturated rings. The van der Waals surface area contributed by atoms with Crippen molar-refractivity contribution in [2.24, 2.45) is 17.6 Å². The number of hydrogen-bond donors (Lipinski definition) is 3. The number of carbonyl (C=O) groups excluding carboxylic acids is 1. The van der Waals surface area contributed by atoms with Gasteiger partial charge in [-0.25, -0.2) is 0 Å². The van der Waals surface area contributed by atoms with Gasteiger partial charge in [-0.2, -0.15) is 0 Å². The molecule has 98 valence electrons. The molecule has 0 bridgehead atoms. The van der Waals surface area contributed by atoms with E-state index in [9.17, 15) is 9.59 Å². The van der Waals surface area contributed by atoms with Gasteiger partial charge in [0.05, 0.1) is 0 Å². The maximum absolute atomic E-state index is 11.8. The smallest absolute Gasteiger partial charge is 0.267 e. The minimum Gasteiger partial charge on any atom is -0.350 e. The van der Waals surface area contributed by atoms with Crippen LogP contribution in [-0.4, -0.2) is 24.0 Å². The standard InChI is InChI=1S/C13H19N3O2/c14-7-9-3-1-4-10(9)8-15-13(18)11-5-2-6-12(17)16-11/h2,5-6,9-10H,1,3-4,7-8,14H2,(H,15,18)(H,16,17). The highest BCUT2D eigenvalue weighted by Gasteiger charge is 2.26. The van der Waals surface area contributed by atoms with Crippen LogP contribution in [0.25, 0.3) is 0 Å². The molecule has 0 aromatic carbocycles. The highest BCUT2D eigenvalue weighted by molar-refractivity contribution is 5.92. The lowest BCUT2D eigenvalue weighted by Gasteiger charge is -2.18. The average Bonchev–Trinajstić information content (AvgIpc) is 2.83. The zero-order chi connectivity index (χ0) is 13.0. The first-order chi connectivity index (χ1) is 8.70. The van der Waals surface area contributed by atoms with Gasteiger partial charge < -0.3 is 16.0 Å². The molecule has 0 radical (unpaired) electrons. The number of hydrogen-bond acceptors (Lipinski definition) is 3. The van der Waals surface area contributed by atoms with Gasteiger partial charge in [0.15, 0.2) is 0 Å². The highest BCUT2D eigenvalue weighted by Crippen LogP contribution is 2.30. The molecule has 5 heteroatoms. The van der Waals surface area contributed by atoms with Crippen molar-refractivity contribution in [3.8, 4) is 0 Å². The van der Waals surface area contributed by atoms with Crippen LogP contribution in [0.2, 0.25) is 0 Å². The average molecular weight is 249 g/mol. The van der Waals surface area contributed by atoms with E-state index in [0.717, 1.165) is 12.8 Å². The lowest BCUT2D eigenvalue weighted by atomic mass is 9.96. The fourth-order valence-corrected chi connectivity index (χ4v) is 2.59. The molecule has 1 saturated carbocycles. The van der Waals surface area contributed by atoms with Crippen molar-refractivity contribution in [2.45, 2.75) is 19.3 Å². The number of nitrogens with one attached hydrogen (secondary N) is 2. The zero-order valence-electron chi connectivity index (χ0n) is 10.3. The maximum Gasteiger partial charge on any atom is 0.267 e. The van der Waals surface area contributed by atoms with Crippen molar-refractivity contribution in [3.05, 3.63) is 34.2 Å². The molecule has 5 nitrogen and oxygen atoms in total. The van der Waals surface area contributed by atoms with Crippen LogP contribution in [-0.2, 0) is 0 Å². The molecule has 2 unspecified atom stereocenters. The topological polar surface area (TPSA) is 88.0 Å². The lowest BCUT2D eigenvalue weighted by molar-refractivity contribution is 0.0939. The maximum atomic E-state index is 11.8. The second kappa shape index (κ2) is 5.82. The van der Waals surface area contributed by atoms with Gasteiger partial charge in [-0.1, -0.05) is 12.5 Å². The van der Waals surface area contributed by atoms with Crippen LogP contribution in [0.15, 0.2) is 23.0 Å². The Bertz CT molecular complexity index is 469. The molecule has 1 heterocycles. The molecule has 1 aliphatic carbocycles. The molecule has 2 rings (SSSR count). The summed E-state index contributed by atoms with van der Waals surface area (Å²) in [7, 11) is 0. The molecule has 0 saturated heterocycles. The first-order valence-corrected chi connectivity index (χ1v) is 6.38. The van der Waals surface area contributed by atoms with Crippen molar-refractivity contribution in [1.29, 1.82) is 0 Å². The molecule has 0 aliphatic heterocycles. The molecule has 1 aromatic rings. The van der Waals surface area contributed by atoms with E-state index in [-0.39, 0.29) is 11.5 Å². The number of aromatic nitrogens is 1. The van der Waals surface area contributed by atoms with Crippen molar-refractivity contribution in [2.75, 3.05) is 13.1 Å². The number of aromatic amines is 1. The van der Waals surface area contributed by atoms with Gasteiger partial charge >= 0.3 is 0 Å². The first-order valence-electron chi connectivity index (χ1n) is 6.38. The molecule has 1 aromatic heterocycles. The minimum atomic E-state index is -0.261. The van der Waals surface area contributed by atoms with E-state index in [1.54, 1.807) is 12.1 Å². The summed E-state index contributed by atoms with van der Waals surface area (Å²) in [5, 5.41) is 2.87. The summed E-state index contributed by atoms with van der Waals surface area (Å²) in [4.78, 5) is 25.5. The van der Waals surface area contributed by atoms with E-state index in [1.807, 2.05) is 0 Å². The molecule has 2 atom stereocenters.